The van der Waals surface area contributed by atoms with Gasteiger partial charge in [0.25, 0.3) is 5.22 Å². The van der Waals surface area contributed by atoms with E-state index in [0.29, 0.717) is 11.8 Å². The van der Waals surface area contributed by atoms with Gasteiger partial charge in [-0.3, -0.25) is 4.79 Å². The van der Waals surface area contributed by atoms with Crippen LogP contribution in [-0.4, -0.2) is 28.5 Å². The van der Waals surface area contributed by atoms with Gasteiger partial charge in [0.15, 0.2) is 0 Å². The third-order valence-corrected chi connectivity index (χ3v) is 2.06. The first-order chi connectivity index (χ1) is 7.43. The molecule has 9 heteroatoms. The summed E-state index contributed by atoms with van der Waals surface area (Å²) in [5, 5.41) is 5.61. The van der Waals surface area contributed by atoms with Crippen molar-refractivity contribution < 1.29 is 27.1 Å². The number of nitrogens with zero attached hydrogens (tertiary/aromatic N) is 2. The minimum absolute atomic E-state index is 0.173. The van der Waals surface area contributed by atoms with Gasteiger partial charge in [0.2, 0.25) is 0 Å². The summed E-state index contributed by atoms with van der Waals surface area (Å²) in [5.74, 6) is -2.16. The number of alkyl halides is 3. The summed E-state index contributed by atoms with van der Waals surface area (Å²) in [5.41, 5.74) is 0. The maximum atomic E-state index is 12.0. The first-order valence-electron chi connectivity index (χ1n) is 4.12. The summed E-state index contributed by atoms with van der Waals surface area (Å²) < 4.78 is 44.9. The highest BCUT2D eigenvalue weighted by Crippen LogP contribution is 2.29. The minimum atomic E-state index is -4.67. The predicted molar refractivity (Wildman–Crippen MR) is 46.7 cm³/mol. The van der Waals surface area contributed by atoms with E-state index in [1.165, 1.54) is 0 Å². The third kappa shape index (κ3) is 3.72. The largest absolute Gasteiger partial charge is 0.470 e. The van der Waals surface area contributed by atoms with Crippen molar-refractivity contribution in [3.05, 3.63) is 5.89 Å². The van der Waals surface area contributed by atoms with Crippen molar-refractivity contribution in [2.45, 2.75) is 18.3 Å². The Morgan fingerprint density at radius 3 is 2.69 bits per heavy atom. The molecule has 90 valence electrons. The average Bonchev–Trinajstić information content (AvgIpc) is 2.63. The molecule has 0 atom stereocenters. The molecule has 0 aliphatic carbocycles. The number of aromatic nitrogens is 2. The van der Waals surface area contributed by atoms with E-state index in [1.807, 2.05) is 0 Å². The molecule has 1 heterocycles. The Balaban J connectivity index is 2.50. The molecule has 1 aromatic rings. The second kappa shape index (κ2) is 5.19. The molecular formula is C7H7F3N2O3S. The van der Waals surface area contributed by atoms with Gasteiger partial charge in [0, 0.05) is 0 Å². The highest BCUT2D eigenvalue weighted by molar-refractivity contribution is 7.99. The van der Waals surface area contributed by atoms with Crippen molar-refractivity contribution in [2.24, 2.45) is 0 Å². The quantitative estimate of drug-likeness (QED) is 0.604. The minimum Gasteiger partial charge on any atom is -0.465 e. The molecule has 0 radical (unpaired) electrons. The normalized spacial score (nSPS) is 11.5. The first-order valence-corrected chi connectivity index (χ1v) is 5.11. The Kier molecular flexibility index (Phi) is 4.16. The molecule has 16 heavy (non-hydrogen) atoms. The molecule has 1 rings (SSSR count). The van der Waals surface area contributed by atoms with E-state index in [1.54, 1.807) is 6.92 Å². The Hall–Kier alpha value is -1.25. The summed E-state index contributed by atoms with van der Waals surface area (Å²) in [6, 6.07) is 0. The highest BCUT2D eigenvalue weighted by Gasteiger charge is 2.38. The summed E-state index contributed by atoms with van der Waals surface area (Å²) in [4.78, 5) is 10.9. The van der Waals surface area contributed by atoms with E-state index >= 15 is 0 Å². The van der Waals surface area contributed by atoms with E-state index in [9.17, 15) is 18.0 Å². The summed E-state index contributed by atoms with van der Waals surface area (Å²) in [7, 11) is 0. The van der Waals surface area contributed by atoms with Crippen molar-refractivity contribution >= 4 is 17.7 Å². The van der Waals surface area contributed by atoms with Gasteiger partial charge in [-0.05, 0) is 6.92 Å². The van der Waals surface area contributed by atoms with Crippen LogP contribution in [-0.2, 0) is 15.7 Å². The first kappa shape index (κ1) is 12.8. The maximum absolute atomic E-state index is 12.0. The van der Waals surface area contributed by atoms with Crippen LogP contribution >= 0.6 is 11.8 Å². The number of esters is 1. The molecule has 1 aromatic heterocycles. The molecule has 0 saturated heterocycles. The van der Waals surface area contributed by atoms with Crippen molar-refractivity contribution in [1.29, 1.82) is 0 Å². The number of halogens is 3. The highest BCUT2D eigenvalue weighted by atomic mass is 32.2. The van der Waals surface area contributed by atoms with Crippen LogP contribution in [0.25, 0.3) is 0 Å². The van der Waals surface area contributed by atoms with Gasteiger partial charge >= 0.3 is 18.0 Å². The Bertz CT molecular complexity index is 366. The van der Waals surface area contributed by atoms with Crippen molar-refractivity contribution in [3.63, 3.8) is 0 Å². The topological polar surface area (TPSA) is 65.2 Å². The Morgan fingerprint density at radius 1 is 1.50 bits per heavy atom. The van der Waals surface area contributed by atoms with Crippen molar-refractivity contribution in [2.75, 3.05) is 12.4 Å². The van der Waals surface area contributed by atoms with E-state index in [4.69, 9.17) is 0 Å². The van der Waals surface area contributed by atoms with Crippen LogP contribution in [0.2, 0.25) is 0 Å². The predicted octanol–water partition coefficient (Wildman–Crippen LogP) is 1.74. The number of carbonyl (C=O) groups excluding carboxylic acids is 1. The van der Waals surface area contributed by atoms with E-state index in [-0.39, 0.29) is 17.6 Å². The molecular weight excluding hydrogens is 249 g/mol. The molecule has 0 unspecified atom stereocenters. The number of rotatable bonds is 4. The monoisotopic (exact) mass is 256 g/mol. The zero-order chi connectivity index (χ0) is 12.2. The number of thioether (sulfide) groups is 1. The maximum Gasteiger partial charge on any atom is 0.470 e. The van der Waals surface area contributed by atoms with Gasteiger partial charge in [0.05, 0.1) is 6.61 Å². The fourth-order valence-corrected chi connectivity index (χ4v) is 1.27. The molecule has 0 N–H and O–H groups in total. The van der Waals surface area contributed by atoms with Crippen molar-refractivity contribution in [3.8, 4) is 0 Å². The fraction of sp³-hybridized carbons (Fsp3) is 0.571. The Morgan fingerprint density at radius 2 is 2.19 bits per heavy atom. The second-order valence-electron chi connectivity index (χ2n) is 2.46. The van der Waals surface area contributed by atoms with Crippen LogP contribution < -0.4 is 0 Å². The lowest BCUT2D eigenvalue weighted by atomic mass is 10.7. The Labute approximate surface area is 92.4 Å². The average molecular weight is 256 g/mol. The van der Waals surface area contributed by atoms with E-state index < -0.39 is 18.0 Å². The second-order valence-corrected chi connectivity index (χ2v) is 3.39. The molecule has 0 aromatic carbocycles. The van der Waals surface area contributed by atoms with Crippen molar-refractivity contribution in [1.82, 2.24) is 10.2 Å². The van der Waals surface area contributed by atoms with Crippen LogP contribution in [0.3, 0.4) is 0 Å². The van der Waals surface area contributed by atoms with Gasteiger partial charge in [-0.25, -0.2) is 0 Å². The molecule has 0 aliphatic rings. The standard InChI is InChI=1S/C7H7F3N2O3S/c1-2-14-4(13)3-16-6-12-11-5(15-6)7(8,9)10/h2-3H2,1H3. The van der Waals surface area contributed by atoms with Crippen LogP contribution in [0.1, 0.15) is 12.8 Å². The summed E-state index contributed by atoms with van der Waals surface area (Å²) in [6.07, 6.45) is -4.67. The number of hydrogen-bond donors (Lipinski definition) is 0. The van der Waals surface area contributed by atoms with Crippen LogP contribution in [0.5, 0.6) is 0 Å². The molecule has 0 aliphatic heterocycles. The zero-order valence-corrected chi connectivity index (χ0v) is 8.89. The molecule has 0 saturated carbocycles. The lowest BCUT2D eigenvalue weighted by Gasteiger charge is -1.98. The van der Waals surface area contributed by atoms with E-state index in [2.05, 4.69) is 19.4 Å². The smallest absolute Gasteiger partial charge is 0.465 e. The number of hydrogen-bond acceptors (Lipinski definition) is 6. The zero-order valence-electron chi connectivity index (χ0n) is 8.08. The molecule has 0 amide bonds. The molecule has 0 fully saturated rings. The lowest BCUT2D eigenvalue weighted by molar-refractivity contribution is -0.158. The number of ether oxygens (including phenoxy) is 1. The van der Waals surface area contributed by atoms with Crippen LogP contribution in [0, 0.1) is 0 Å². The van der Waals surface area contributed by atoms with Gasteiger partial charge < -0.3 is 9.15 Å². The summed E-state index contributed by atoms with van der Waals surface area (Å²) >= 11 is 0.691. The number of carbonyl (C=O) groups is 1. The van der Waals surface area contributed by atoms with Gasteiger partial charge in [-0.15, -0.1) is 10.2 Å². The van der Waals surface area contributed by atoms with Gasteiger partial charge in [-0.2, -0.15) is 13.2 Å². The molecule has 0 spiro atoms. The lowest BCUT2D eigenvalue weighted by Crippen LogP contribution is -2.06. The summed E-state index contributed by atoms with van der Waals surface area (Å²) in [6.45, 7) is 1.83. The molecule has 0 bridgehead atoms. The fourth-order valence-electron chi connectivity index (χ4n) is 0.706. The van der Waals surface area contributed by atoms with E-state index in [0.717, 1.165) is 0 Å². The van der Waals surface area contributed by atoms with Crippen LogP contribution in [0.4, 0.5) is 13.2 Å². The van der Waals surface area contributed by atoms with Gasteiger partial charge in [-0.1, -0.05) is 11.8 Å². The SMILES string of the molecule is CCOC(=O)CSc1nnc(C(F)(F)F)o1. The van der Waals surface area contributed by atoms with Gasteiger partial charge in [0.1, 0.15) is 5.75 Å². The molecule has 5 nitrogen and oxygen atoms in total. The third-order valence-electron chi connectivity index (χ3n) is 1.27. The van der Waals surface area contributed by atoms with Crippen LogP contribution in [0.15, 0.2) is 9.64 Å².